The summed E-state index contributed by atoms with van der Waals surface area (Å²) in [4.78, 5) is 4.23. The summed E-state index contributed by atoms with van der Waals surface area (Å²) in [6, 6.07) is -0.554. The van der Waals surface area contributed by atoms with Crippen LogP contribution in [0.2, 0.25) is 0 Å². The molecule has 0 radical (unpaired) electrons. The molecular weight excluding hydrogens is 306 g/mol. The van der Waals surface area contributed by atoms with E-state index in [-0.39, 0.29) is 24.1 Å². The third-order valence-corrected chi connectivity index (χ3v) is 6.06. The lowest BCUT2D eigenvalue weighted by Gasteiger charge is -2.23. The number of aliphatic hydroxyl groups excluding tert-OH is 1. The van der Waals surface area contributed by atoms with Crippen LogP contribution in [0.5, 0.6) is 0 Å². The van der Waals surface area contributed by atoms with Gasteiger partial charge in [0.05, 0.1) is 11.9 Å². The Morgan fingerprint density at radius 3 is 2.77 bits per heavy atom. The summed E-state index contributed by atoms with van der Waals surface area (Å²) in [5, 5.41) is 13.7. The van der Waals surface area contributed by atoms with Gasteiger partial charge in [-0.3, -0.25) is 0 Å². The fourth-order valence-electron chi connectivity index (χ4n) is 2.89. The highest BCUT2D eigenvalue weighted by atomic mass is 32.2. The van der Waals surface area contributed by atoms with Crippen molar-refractivity contribution in [3.05, 3.63) is 11.7 Å². The molecule has 126 valence electrons. The molecule has 3 atom stereocenters. The SMILES string of the molecule is CCC[C@H](C)CS(=O)(=O)N1C[C@@H](O)C[C@@H]1c1nc(CC)no1. The summed E-state index contributed by atoms with van der Waals surface area (Å²) in [6.45, 7) is 5.97. The zero-order valence-electron chi connectivity index (χ0n) is 13.4. The predicted molar refractivity (Wildman–Crippen MR) is 81.6 cm³/mol. The highest BCUT2D eigenvalue weighted by molar-refractivity contribution is 7.89. The van der Waals surface area contributed by atoms with Gasteiger partial charge in [-0.1, -0.05) is 32.3 Å². The lowest BCUT2D eigenvalue weighted by molar-refractivity contribution is 0.188. The van der Waals surface area contributed by atoms with Crippen LogP contribution in [0.3, 0.4) is 0 Å². The first kappa shape index (κ1) is 17.4. The van der Waals surface area contributed by atoms with Crippen molar-refractivity contribution in [3.8, 4) is 0 Å². The summed E-state index contributed by atoms with van der Waals surface area (Å²) >= 11 is 0. The Hall–Kier alpha value is -0.990. The lowest BCUT2D eigenvalue weighted by atomic mass is 10.1. The number of hydrogen-bond acceptors (Lipinski definition) is 6. The van der Waals surface area contributed by atoms with Gasteiger partial charge in [-0.2, -0.15) is 9.29 Å². The zero-order chi connectivity index (χ0) is 16.3. The Balaban J connectivity index is 2.19. The molecule has 1 aromatic rings. The second kappa shape index (κ2) is 7.06. The van der Waals surface area contributed by atoms with Crippen molar-refractivity contribution >= 4 is 10.0 Å². The summed E-state index contributed by atoms with van der Waals surface area (Å²) in [5.41, 5.74) is 0. The third kappa shape index (κ3) is 3.85. The van der Waals surface area contributed by atoms with Gasteiger partial charge in [-0.15, -0.1) is 0 Å². The van der Waals surface area contributed by atoms with Crippen molar-refractivity contribution in [1.82, 2.24) is 14.4 Å². The van der Waals surface area contributed by atoms with Crippen molar-refractivity contribution in [3.63, 3.8) is 0 Å². The van der Waals surface area contributed by atoms with Crippen molar-refractivity contribution < 1.29 is 18.0 Å². The first-order valence-electron chi connectivity index (χ1n) is 7.87. The average molecular weight is 331 g/mol. The van der Waals surface area contributed by atoms with Gasteiger partial charge in [0.15, 0.2) is 5.82 Å². The molecule has 1 aliphatic rings. The number of rotatable bonds is 7. The maximum atomic E-state index is 12.6. The standard InChI is InChI=1S/C14H25N3O4S/c1-4-6-10(3)9-22(19,20)17-8-11(18)7-12(17)14-15-13(5-2)16-21-14/h10-12,18H,4-9H2,1-3H3/t10-,11-,12+/m0/s1. The molecule has 0 bridgehead atoms. The van der Waals surface area contributed by atoms with E-state index in [1.807, 2.05) is 20.8 Å². The van der Waals surface area contributed by atoms with E-state index < -0.39 is 22.2 Å². The summed E-state index contributed by atoms with van der Waals surface area (Å²) in [7, 11) is -3.46. The normalized spacial score (nSPS) is 24.7. The molecule has 1 aliphatic heterocycles. The first-order valence-corrected chi connectivity index (χ1v) is 9.48. The number of aryl methyl sites for hydroxylation is 1. The van der Waals surface area contributed by atoms with Crippen LogP contribution in [0, 0.1) is 5.92 Å². The molecule has 22 heavy (non-hydrogen) atoms. The fraction of sp³-hybridized carbons (Fsp3) is 0.857. The Bertz CT molecular complexity index is 587. The maximum absolute atomic E-state index is 12.6. The van der Waals surface area contributed by atoms with Crippen LogP contribution < -0.4 is 0 Å². The molecule has 0 spiro atoms. The van der Waals surface area contributed by atoms with E-state index in [1.54, 1.807) is 0 Å². The van der Waals surface area contributed by atoms with Crippen molar-refractivity contribution in [2.45, 2.75) is 58.6 Å². The number of aromatic nitrogens is 2. The van der Waals surface area contributed by atoms with Crippen LogP contribution in [-0.2, 0) is 16.4 Å². The van der Waals surface area contributed by atoms with E-state index in [4.69, 9.17) is 4.52 Å². The molecule has 8 heteroatoms. The molecule has 2 heterocycles. The van der Waals surface area contributed by atoms with Gasteiger partial charge >= 0.3 is 0 Å². The van der Waals surface area contributed by atoms with E-state index in [0.29, 0.717) is 18.7 Å². The Morgan fingerprint density at radius 2 is 2.18 bits per heavy atom. The molecule has 2 rings (SSSR count). The topological polar surface area (TPSA) is 96.5 Å². The minimum atomic E-state index is -3.46. The molecule has 0 aromatic carbocycles. The Morgan fingerprint density at radius 1 is 1.45 bits per heavy atom. The van der Waals surface area contributed by atoms with E-state index in [0.717, 1.165) is 12.8 Å². The third-order valence-electron chi connectivity index (χ3n) is 3.95. The lowest BCUT2D eigenvalue weighted by Crippen LogP contribution is -2.35. The number of aliphatic hydroxyl groups is 1. The van der Waals surface area contributed by atoms with Gasteiger partial charge < -0.3 is 9.63 Å². The van der Waals surface area contributed by atoms with E-state index in [1.165, 1.54) is 4.31 Å². The second-order valence-corrected chi connectivity index (χ2v) is 8.02. The molecule has 0 aliphatic carbocycles. The van der Waals surface area contributed by atoms with Crippen LogP contribution >= 0.6 is 0 Å². The second-order valence-electron chi connectivity index (χ2n) is 6.05. The fourth-order valence-corrected chi connectivity index (χ4v) is 4.93. The molecule has 0 amide bonds. The van der Waals surface area contributed by atoms with Gasteiger partial charge in [0.2, 0.25) is 15.9 Å². The van der Waals surface area contributed by atoms with Gasteiger partial charge in [-0.05, 0) is 12.3 Å². The predicted octanol–water partition coefficient (Wildman–Crippen LogP) is 1.51. The van der Waals surface area contributed by atoms with Gasteiger partial charge in [0.1, 0.15) is 6.04 Å². The maximum Gasteiger partial charge on any atom is 0.245 e. The number of nitrogens with zero attached hydrogens (tertiary/aromatic N) is 3. The smallest absolute Gasteiger partial charge is 0.245 e. The quantitative estimate of drug-likeness (QED) is 0.813. The van der Waals surface area contributed by atoms with Crippen molar-refractivity contribution in [2.75, 3.05) is 12.3 Å². The van der Waals surface area contributed by atoms with Crippen LogP contribution in [-0.4, -0.2) is 46.4 Å². The van der Waals surface area contributed by atoms with Crippen molar-refractivity contribution in [2.24, 2.45) is 5.92 Å². The molecule has 0 unspecified atom stereocenters. The average Bonchev–Trinajstić information content (AvgIpc) is 3.04. The van der Waals surface area contributed by atoms with Gasteiger partial charge in [0.25, 0.3) is 0 Å². The minimum Gasteiger partial charge on any atom is -0.392 e. The zero-order valence-corrected chi connectivity index (χ0v) is 14.2. The summed E-state index contributed by atoms with van der Waals surface area (Å²) < 4.78 is 31.8. The van der Waals surface area contributed by atoms with Crippen molar-refractivity contribution in [1.29, 1.82) is 0 Å². The molecule has 1 N–H and O–H groups in total. The molecule has 1 aromatic heterocycles. The van der Waals surface area contributed by atoms with E-state index in [9.17, 15) is 13.5 Å². The number of sulfonamides is 1. The Labute approximate surface area is 131 Å². The van der Waals surface area contributed by atoms with E-state index in [2.05, 4.69) is 10.1 Å². The van der Waals surface area contributed by atoms with Crippen LogP contribution in [0.4, 0.5) is 0 Å². The largest absolute Gasteiger partial charge is 0.392 e. The van der Waals surface area contributed by atoms with Gasteiger partial charge in [-0.25, -0.2) is 8.42 Å². The number of hydrogen-bond donors (Lipinski definition) is 1. The Kier molecular flexibility index (Phi) is 5.57. The van der Waals surface area contributed by atoms with Crippen LogP contribution in [0.1, 0.15) is 57.8 Å². The molecule has 1 fully saturated rings. The molecule has 0 saturated carbocycles. The molecule has 1 saturated heterocycles. The van der Waals surface area contributed by atoms with Gasteiger partial charge in [0, 0.05) is 19.4 Å². The highest BCUT2D eigenvalue weighted by Crippen LogP contribution is 2.34. The minimum absolute atomic E-state index is 0.0822. The highest BCUT2D eigenvalue weighted by Gasteiger charge is 2.42. The molecule has 7 nitrogen and oxygen atoms in total. The molecular formula is C14H25N3O4S. The van der Waals surface area contributed by atoms with Crippen LogP contribution in [0.25, 0.3) is 0 Å². The monoisotopic (exact) mass is 331 g/mol. The number of β-amino-alcohol motifs (C(OH)–C–C–N with tert-alkyl or cyclic N) is 1. The first-order chi connectivity index (χ1) is 10.4. The summed E-state index contributed by atoms with van der Waals surface area (Å²) in [5.74, 6) is 0.995. The van der Waals surface area contributed by atoms with E-state index >= 15 is 0 Å². The van der Waals surface area contributed by atoms with Crippen LogP contribution in [0.15, 0.2) is 4.52 Å². The summed E-state index contributed by atoms with van der Waals surface area (Å²) in [6.07, 6.45) is 2.04.